The number of carboxylic acid groups (broad SMARTS) is 1. The molecule has 0 heterocycles. The summed E-state index contributed by atoms with van der Waals surface area (Å²) in [5, 5.41) is 11.5. The first-order valence-corrected chi connectivity index (χ1v) is 6.92. The van der Waals surface area contributed by atoms with Gasteiger partial charge in [-0.25, -0.2) is 4.79 Å². The summed E-state index contributed by atoms with van der Waals surface area (Å²) in [5.74, 6) is -1.63. The summed E-state index contributed by atoms with van der Waals surface area (Å²) >= 11 is 0. The van der Waals surface area contributed by atoms with Crippen LogP contribution in [0.2, 0.25) is 0 Å². The van der Waals surface area contributed by atoms with Crippen LogP contribution in [0, 0.1) is 0 Å². The highest BCUT2D eigenvalue weighted by atomic mass is 35.5. The molecule has 0 aliphatic rings. The highest BCUT2D eigenvalue weighted by Gasteiger charge is 2.22. The van der Waals surface area contributed by atoms with Gasteiger partial charge >= 0.3 is 5.97 Å². The van der Waals surface area contributed by atoms with E-state index in [-0.39, 0.29) is 49.6 Å². The molecular weight excluding hydrogens is 383 g/mol. The molecule has 0 aliphatic carbocycles. The quantitative estimate of drug-likeness (QED) is 0.148. The number of guanidine groups is 1. The minimum atomic E-state index is -1.11. The number of hydrogen-bond acceptors (Lipinski definition) is 5. The highest BCUT2D eigenvalue weighted by Crippen LogP contribution is 2.02. The number of amides is 1. The predicted octanol–water partition coefficient (Wildman–Crippen LogP) is -0.669. The van der Waals surface area contributed by atoms with Crippen LogP contribution in [0.4, 0.5) is 0 Å². The highest BCUT2D eigenvalue weighted by molar-refractivity contribution is 5.86. The van der Waals surface area contributed by atoms with Gasteiger partial charge in [0.05, 0.1) is 6.04 Å². The number of halogens is 3. The maximum absolute atomic E-state index is 11.8. The zero-order valence-electron chi connectivity index (χ0n) is 13.3. The molecule has 0 aromatic rings. The van der Waals surface area contributed by atoms with Crippen LogP contribution < -0.4 is 28.3 Å². The van der Waals surface area contributed by atoms with Gasteiger partial charge in [-0.3, -0.25) is 9.79 Å². The number of nitrogens with two attached hydrogens (primary N) is 4. The molecule has 146 valence electrons. The Bertz CT molecular complexity index is 370. The van der Waals surface area contributed by atoms with E-state index in [9.17, 15) is 9.59 Å². The maximum Gasteiger partial charge on any atom is 0.326 e. The van der Waals surface area contributed by atoms with Crippen LogP contribution in [-0.4, -0.2) is 48.1 Å². The zero-order valence-corrected chi connectivity index (χ0v) is 15.8. The van der Waals surface area contributed by atoms with E-state index in [2.05, 4.69) is 10.3 Å². The van der Waals surface area contributed by atoms with Gasteiger partial charge in [-0.15, -0.1) is 37.2 Å². The lowest BCUT2D eigenvalue weighted by atomic mass is 10.1. The SMILES string of the molecule is Cl.Cl.Cl.NCCCC[C@H](N)C(=O)N[C@@H](CCCN=C(N)N)C(=O)O. The molecule has 0 spiro atoms. The van der Waals surface area contributed by atoms with Gasteiger partial charge < -0.3 is 33.4 Å². The average molecular weight is 412 g/mol. The van der Waals surface area contributed by atoms with Crippen molar-refractivity contribution in [2.24, 2.45) is 27.9 Å². The topological polar surface area (TPSA) is 183 Å². The van der Waals surface area contributed by atoms with Crippen LogP contribution in [0.1, 0.15) is 32.1 Å². The van der Waals surface area contributed by atoms with Crippen LogP contribution in [0.5, 0.6) is 0 Å². The Morgan fingerprint density at radius 3 is 2.08 bits per heavy atom. The van der Waals surface area contributed by atoms with Crippen molar-refractivity contribution in [3.05, 3.63) is 0 Å². The normalized spacial score (nSPS) is 11.6. The van der Waals surface area contributed by atoms with Crippen molar-refractivity contribution in [3.63, 3.8) is 0 Å². The van der Waals surface area contributed by atoms with Gasteiger partial charge in [0.15, 0.2) is 5.96 Å². The molecule has 0 radical (unpaired) electrons. The van der Waals surface area contributed by atoms with Crippen molar-refractivity contribution in [3.8, 4) is 0 Å². The molecule has 0 aromatic heterocycles. The van der Waals surface area contributed by atoms with E-state index in [1.54, 1.807) is 0 Å². The van der Waals surface area contributed by atoms with Crippen molar-refractivity contribution in [1.82, 2.24) is 5.32 Å². The fourth-order valence-corrected chi connectivity index (χ4v) is 1.68. The van der Waals surface area contributed by atoms with Crippen LogP contribution in [0.15, 0.2) is 4.99 Å². The summed E-state index contributed by atoms with van der Waals surface area (Å²) < 4.78 is 0. The van der Waals surface area contributed by atoms with E-state index in [4.69, 9.17) is 28.0 Å². The monoisotopic (exact) mass is 410 g/mol. The number of rotatable bonds is 11. The maximum atomic E-state index is 11.8. The van der Waals surface area contributed by atoms with Gasteiger partial charge in [0.2, 0.25) is 5.91 Å². The number of unbranched alkanes of at least 4 members (excludes halogenated alkanes) is 1. The first-order valence-electron chi connectivity index (χ1n) is 6.92. The molecule has 9 nitrogen and oxygen atoms in total. The van der Waals surface area contributed by atoms with Crippen molar-refractivity contribution >= 4 is 55.1 Å². The Hall–Kier alpha value is -1.00. The first kappa shape index (κ1) is 30.8. The summed E-state index contributed by atoms with van der Waals surface area (Å²) in [6.45, 7) is 0.849. The molecule has 0 bridgehead atoms. The van der Waals surface area contributed by atoms with E-state index in [0.717, 1.165) is 12.8 Å². The van der Waals surface area contributed by atoms with Gasteiger partial charge in [0.25, 0.3) is 0 Å². The van der Waals surface area contributed by atoms with E-state index in [1.807, 2.05) is 0 Å². The Kier molecular flexibility index (Phi) is 23.6. The number of aliphatic imine (C=N–C) groups is 1. The van der Waals surface area contributed by atoms with Crippen LogP contribution >= 0.6 is 37.2 Å². The molecule has 0 saturated carbocycles. The van der Waals surface area contributed by atoms with Gasteiger partial charge in [0, 0.05) is 6.54 Å². The molecule has 10 N–H and O–H groups in total. The third kappa shape index (κ3) is 15.9. The minimum Gasteiger partial charge on any atom is -0.480 e. The van der Waals surface area contributed by atoms with Gasteiger partial charge in [-0.2, -0.15) is 0 Å². The third-order valence-electron chi connectivity index (χ3n) is 2.87. The van der Waals surface area contributed by atoms with Gasteiger partial charge in [-0.05, 0) is 32.2 Å². The summed E-state index contributed by atoms with van der Waals surface area (Å²) in [7, 11) is 0. The molecule has 0 saturated heterocycles. The predicted molar refractivity (Wildman–Crippen MR) is 102 cm³/mol. The zero-order chi connectivity index (χ0) is 16.3. The Morgan fingerprint density at radius 2 is 1.62 bits per heavy atom. The summed E-state index contributed by atoms with van der Waals surface area (Å²) in [4.78, 5) is 26.6. The number of hydrogen-bond donors (Lipinski definition) is 6. The van der Waals surface area contributed by atoms with Crippen LogP contribution in [-0.2, 0) is 9.59 Å². The van der Waals surface area contributed by atoms with E-state index in [1.165, 1.54) is 0 Å². The van der Waals surface area contributed by atoms with Crippen molar-refractivity contribution in [1.29, 1.82) is 0 Å². The summed E-state index contributed by atoms with van der Waals surface area (Å²) in [6, 6.07) is -1.72. The number of carboxylic acids is 1. The summed E-state index contributed by atoms with van der Waals surface area (Å²) in [6.07, 6.45) is 2.66. The first-order chi connectivity index (χ1) is 9.88. The lowest BCUT2D eigenvalue weighted by Crippen LogP contribution is -2.48. The van der Waals surface area contributed by atoms with Crippen molar-refractivity contribution < 1.29 is 14.7 Å². The second kappa shape index (κ2) is 18.3. The second-order valence-electron chi connectivity index (χ2n) is 4.74. The molecule has 0 aliphatic heterocycles. The molecule has 1 amide bonds. The second-order valence-corrected chi connectivity index (χ2v) is 4.74. The van der Waals surface area contributed by atoms with E-state index >= 15 is 0 Å². The molecule has 0 rings (SSSR count). The number of carbonyl (C=O) groups is 2. The lowest BCUT2D eigenvalue weighted by molar-refractivity contribution is -0.142. The fraction of sp³-hybridized carbons (Fsp3) is 0.750. The molecule has 0 fully saturated rings. The van der Waals surface area contributed by atoms with Gasteiger partial charge in [0.1, 0.15) is 6.04 Å². The van der Waals surface area contributed by atoms with E-state index in [0.29, 0.717) is 25.9 Å². The number of carbonyl (C=O) groups excluding carboxylic acids is 1. The third-order valence-corrected chi connectivity index (χ3v) is 2.87. The van der Waals surface area contributed by atoms with Crippen LogP contribution in [0.25, 0.3) is 0 Å². The smallest absolute Gasteiger partial charge is 0.326 e. The summed E-state index contributed by atoms with van der Waals surface area (Å²) in [5.41, 5.74) is 21.4. The fourth-order valence-electron chi connectivity index (χ4n) is 1.68. The molecule has 0 unspecified atom stereocenters. The number of aliphatic carboxylic acids is 1. The number of nitrogens with zero attached hydrogens (tertiary/aromatic N) is 1. The minimum absolute atomic E-state index is 0. The van der Waals surface area contributed by atoms with E-state index < -0.39 is 24.0 Å². The molecule has 2 atom stereocenters. The molecule has 24 heavy (non-hydrogen) atoms. The largest absolute Gasteiger partial charge is 0.480 e. The lowest BCUT2D eigenvalue weighted by Gasteiger charge is -2.17. The molecule has 12 heteroatoms. The standard InChI is InChI=1S/C12H26N6O3.3ClH/c13-6-2-1-4-8(14)10(19)18-9(11(20)21)5-3-7-17-12(15)16;;;/h8-9H,1-7,13-14H2,(H,18,19)(H,20,21)(H4,15,16,17);3*1H/t8-,9-;;;/m0.../s1. The van der Waals surface area contributed by atoms with Crippen molar-refractivity contribution in [2.45, 2.75) is 44.2 Å². The van der Waals surface area contributed by atoms with Gasteiger partial charge in [-0.1, -0.05) is 6.42 Å². The molecular formula is C12H29Cl3N6O3. The molecule has 0 aromatic carbocycles. The Balaban J connectivity index is -0.000000667. The number of nitrogens with one attached hydrogen (secondary N) is 1. The Labute approximate surface area is 160 Å². The average Bonchev–Trinajstić information content (AvgIpc) is 2.41. The Morgan fingerprint density at radius 1 is 1.04 bits per heavy atom. The van der Waals surface area contributed by atoms with Crippen LogP contribution in [0.3, 0.4) is 0 Å². The van der Waals surface area contributed by atoms with Crippen molar-refractivity contribution in [2.75, 3.05) is 13.1 Å².